The fourth-order valence-electron chi connectivity index (χ4n) is 4.05. The number of aromatic nitrogens is 3. The first-order chi connectivity index (χ1) is 16.5. The molecule has 5 rings (SSSR count). The number of rotatable bonds is 6. The molecule has 34 heavy (non-hydrogen) atoms. The minimum atomic E-state index is -3.81. The molecule has 4 aromatic rings. The van der Waals surface area contributed by atoms with Crippen LogP contribution < -0.4 is 9.62 Å². The van der Waals surface area contributed by atoms with Gasteiger partial charge in [0, 0.05) is 36.8 Å². The van der Waals surface area contributed by atoms with Gasteiger partial charge in [0.1, 0.15) is 0 Å². The van der Waals surface area contributed by atoms with Crippen LogP contribution in [-0.4, -0.2) is 35.6 Å². The van der Waals surface area contributed by atoms with Gasteiger partial charge in [-0.2, -0.15) is 5.10 Å². The van der Waals surface area contributed by atoms with Crippen LogP contribution in [-0.2, 0) is 23.0 Å². The number of sulfonamides is 1. The number of carbonyl (C=O) groups excluding carboxylic acids is 1. The second-order valence-corrected chi connectivity index (χ2v) is 9.91. The quantitative estimate of drug-likeness (QED) is 0.460. The van der Waals surface area contributed by atoms with E-state index in [1.807, 2.05) is 36.4 Å². The largest absolute Gasteiger partial charge is 0.305 e. The van der Waals surface area contributed by atoms with Crippen LogP contribution in [0.25, 0.3) is 0 Å². The first kappa shape index (κ1) is 21.8. The Kier molecular flexibility index (Phi) is 5.85. The van der Waals surface area contributed by atoms with E-state index in [9.17, 15) is 13.2 Å². The molecule has 3 heterocycles. The smallest absolute Gasteiger partial charge is 0.264 e. The zero-order valence-electron chi connectivity index (χ0n) is 18.3. The van der Waals surface area contributed by atoms with E-state index in [-0.39, 0.29) is 10.5 Å². The van der Waals surface area contributed by atoms with E-state index in [4.69, 9.17) is 0 Å². The first-order valence-corrected chi connectivity index (χ1v) is 12.4. The number of carbonyl (C=O) groups is 1. The maximum atomic E-state index is 13.4. The highest BCUT2D eigenvalue weighted by molar-refractivity contribution is 7.92. The molecule has 9 heteroatoms. The van der Waals surface area contributed by atoms with Crippen molar-refractivity contribution in [2.24, 2.45) is 0 Å². The van der Waals surface area contributed by atoms with E-state index in [2.05, 4.69) is 15.4 Å². The van der Waals surface area contributed by atoms with Crippen LogP contribution >= 0.6 is 0 Å². The van der Waals surface area contributed by atoms with Crippen LogP contribution in [0.3, 0.4) is 0 Å². The molecule has 0 aliphatic carbocycles. The van der Waals surface area contributed by atoms with Crippen molar-refractivity contribution < 1.29 is 13.2 Å². The average Bonchev–Trinajstić information content (AvgIpc) is 3.30. The van der Waals surface area contributed by atoms with Crippen LogP contribution in [0.15, 0.2) is 90.2 Å². The molecule has 8 nitrogen and oxygen atoms in total. The van der Waals surface area contributed by atoms with Crippen molar-refractivity contribution in [3.05, 3.63) is 102 Å². The lowest BCUT2D eigenvalue weighted by Gasteiger charge is -2.30. The number of aryl methyl sites for hydroxylation is 1. The number of nitrogens with zero attached hydrogens (tertiary/aromatic N) is 4. The van der Waals surface area contributed by atoms with Crippen LogP contribution in [0, 0.1) is 0 Å². The normalized spacial score (nSPS) is 13.4. The highest BCUT2D eigenvalue weighted by Crippen LogP contribution is 2.32. The number of hydrogen-bond acceptors (Lipinski definition) is 5. The number of pyridine rings is 1. The number of benzene rings is 2. The van der Waals surface area contributed by atoms with Crippen molar-refractivity contribution in [3.8, 4) is 0 Å². The highest BCUT2D eigenvalue weighted by Gasteiger charge is 2.29. The second-order valence-electron chi connectivity index (χ2n) is 8.05. The summed E-state index contributed by atoms with van der Waals surface area (Å²) in [6.45, 7) is 0.952. The number of anilines is 2. The van der Waals surface area contributed by atoms with Crippen molar-refractivity contribution in [3.63, 3.8) is 0 Å². The zero-order valence-corrected chi connectivity index (χ0v) is 19.1. The van der Waals surface area contributed by atoms with Crippen LogP contribution in [0.4, 0.5) is 11.5 Å². The predicted octanol–water partition coefficient (Wildman–Crippen LogP) is 3.72. The fraction of sp³-hybridized carbons (Fsp3) is 0.160. The molecule has 2 aromatic carbocycles. The van der Waals surface area contributed by atoms with E-state index < -0.39 is 15.9 Å². The third-order valence-corrected chi connectivity index (χ3v) is 7.54. The molecule has 2 aromatic heterocycles. The molecule has 1 aliphatic heterocycles. The Balaban J connectivity index is 1.34. The van der Waals surface area contributed by atoms with Gasteiger partial charge >= 0.3 is 0 Å². The van der Waals surface area contributed by atoms with Gasteiger partial charge < -0.3 is 5.32 Å². The molecular weight excluding hydrogens is 450 g/mol. The Morgan fingerprint density at radius 3 is 2.68 bits per heavy atom. The third kappa shape index (κ3) is 4.42. The summed E-state index contributed by atoms with van der Waals surface area (Å²) in [6.07, 6.45) is 6.79. The van der Waals surface area contributed by atoms with E-state index in [0.717, 1.165) is 24.0 Å². The van der Waals surface area contributed by atoms with Gasteiger partial charge in [-0.3, -0.25) is 18.8 Å². The van der Waals surface area contributed by atoms with Gasteiger partial charge in [-0.05, 0) is 60.4 Å². The molecule has 1 N–H and O–H groups in total. The van der Waals surface area contributed by atoms with Crippen molar-refractivity contribution in [2.75, 3.05) is 16.2 Å². The molecule has 0 saturated heterocycles. The summed E-state index contributed by atoms with van der Waals surface area (Å²) in [5.41, 5.74) is 2.99. The number of nitrogens with one attached hydrogen (secondary N) is 1. The predicted molar refractivity (Wildman–Crippen MR) is 129 cm³/mol. The van der Waals surface area contributed by atoms with E-state index in [1.54, 1.807) is 41.5 Å². The van der Waals surface area contributed by atoms with E-state index >= 15 is 0 Å². The Morgan fingerprint density at radius 1 is 1.00 bits per heavy atom. The summed E-state index contributed by atoms with van der Waals surface area (Å²) < 4.78 is 30.0. The zero-order chi connectivity index (χ0) is 23.5. The van der Waals surface area contributed by atoms with Gasteiger partial charge in [0.25, 0.3) is 15.9 Å². The monoisotopic (exact) mass is 473 g/mol. The highest BCUT2D eigenvalue weighted by atomic mass is 32.2. The molecule has 0 atom stereocenters. The number of fused-ring (bicyclic) bond motifs is 1. The van der Waals surface area contributed by atoms with Crippen molar-refractivity contribution >= 4 is 27.4 Å². The van der Waals surface area contributed by atoms with Crippen LogP contribution in [0.2, 0.25) is 0 Å². The lowest BCUT2D eigenvalue weighted by molar-refractivity contribution is 0.102. The van der Waals surface area contributed by atoms with Crippen LogP contribution in [0.5, 0.6) is 0 Å². The standard InChI is InChI=1S/C25H23N5O3S/c31-25(27-24-12-16-29(28-24)18-19-10-13-26-14-11-19)21-6-3-8-22(17-21)34(32,33)30-15-4-7-20-5-1-2-9-23(20)30/h1-3,5-6,8-14,16-17H,4,7,15,18H2,(H,27,28,31). The summed E-state index contributed by atoms with van der Waals surface area (Å²) in [4.78, 5) is 16.9. The van der Waals surface area contributed by atoms with E-state index in [1.165, 1.54) is 16.4 Å². The SMILES string of the molecule is O=C(Nc1ccn(Cc2ccncc2)n1)c1cccc(S(=O)(=O)N2CCCc3ccccc32)c1. The lowest BCUT2D eigenvalue weighted by Crippen LogP contribution is -2.35. The molecule has 1 aliphatic rings. The molecule has 1 amide bonds. The molecule has 0 bridgehead atoms. The minimum Gasteiger partial charge on any atom is -0.305 e. The Hall–Kier alpha value is -3.98. The average molecular weight is 474 g/mol. The molecule has 0 radical (unpaired) electrons. The molecule has 0 unspecified atom stereocenters. The second kappa shape index (κ2) is 9.11. The van der Waals surface area contributed by atoms with Crippen molar-refractivity contribution in [2.45, 2.75) is 24.3 Å². The maximum absolute atomic E-state index is 13.4. The fourth-order valence-corrected chi connectivity index (χ4v) is 5.64. The molecule has 172 valence electrons. The van der Waals surface area contributed by atoms with Gasteiger partial charge in [-0.15, -0.1) is 0 Å². The lowest BCUT2D eigenvalue weighted by atomic mass is 10.0. The van der Waals surface area contributed by atoms with Crippen molar-refractivity contribution in [1.82, 2.24) is 14.8 Å². The molecule has 0 fully saturated rings. The van der Waals surface area contributed by atoms with Crippen molar-refractivity contribution in [1.29, 1.82) is 0 Å². The third-order valence-electron chi connectivity index (χ3n) is 5.73. The molecule has 0 saturated carbocycles. The number of amides is 1. The Morgan fingerprint density at radius 2 is 1.82 bits per heavy atom. The summed E-state index contributed by atoms with van der Waals surface area (Å²) in [5, 5.41) is 7.13. The van der Waals surface area contributed by atoms with Gasteiger partial charge in [-0.1, -0.05) is 24.3 Å². The first-order valence-electron chi connectivity index (χ1n) is 11.0. The summed E-state index contributed by atoms with van der Waals surface area (Å²) in [7, 11) is -3.81. The number of hydrogen-bond donors (Lipinski definition) is 1. The van der Waals surface area contributed by atoms with E-state index in [0.29, 0.717) is 24.6 Å². The number of para-hydroxylation sites is 1. The minimum absolute atomic E-state index is 0.0834. The summed E-state index contributed by atoms with van der Waals surface area (Å²) in [5.74, 6) is -0.0393. The molecular formula is C25H23N5O3S. The van der Waals surface area contributed by atoms with Gasteiger partial charge in [0.2, 0.25) is 0 Å². The maximum Gasteiger partial charge on any atom is 0.264 e. The van der Waals surface area contributed by atoms with Gasteiger partial charge in [0.05, 0.1) is 17.1 Å². The Bertz CT molecular complexity index is 1430. The van der Waals surface area contributed by atoms with Crippen LogP contribution in [0.1, 0.15) is 27.9 Å². The summed E-state index contributed by atoms with van der Waals surface area (Å²) in [6, 6.07) is 19.1. The van der Waals surface area contributed by atoms with Gasteiger partial charge in [-0.25, -0.2) is 8.42 Å². The summed E-state index contributed by atoms with van der Waals surface area (Å²) >= 11 is 0. The Labute approximate surface area is 197 Å². The van der Waals surface area contributed by atoms with Gasteiger partial charge in [0.15, 0.2) is 5.82 Å². The molecule has 0 spiro atoms. The topological polar surface area (TPSA) is 97.2 Å².